The number of hydrogen-bond acceptors (Lipinski definition) is 4. The van der Waals surface area contributed by atoms with Crippen molar-refractivity contribution < 1.29 is 13.9 Å². The van der Waals surface area contributed by atoms with Crippen LogP contribution in [0.1, 0.15) is 28.6 Å². The van der Waals surface area contributed by atoms with Crippen molar-refractivity contribution in [3.05, 3.63) is 65.4 Å². The van der Waals surface area contributed by atoms with E-state index in [1.54, 1.807) is 18.3 Å². The topological polar surface area (TPSA) is 63.8 Å². The minimum atomic E-state index is -0.395. The average Bonchev–Trinajstić information content (AvgIpc) is 2.98. The third-order valence-electron chi connectivity index (χ3n) is 3.44. The third-order valence-corrected chi connectivity index (χ3v) is 3.44. The molecule has 3 rings (SSSR count). The standard InChI is InChI=1S/C19H18N2O3/c1-3-23-16-7-8-17-15(10-16)11-18(24-17)19(22)21-20-12-14-6-4-5-13(2)9-14/h4-12H,3H2,1-2H3,(H,21,22)/b20-12+. The molecule has 5 nitrogen and oxygen atoms in total. The Morgan fingerprint density at radius 3 is 2.92 bits per heavy atom. The minimum Gasteiger partial charge on any atom is -0.494 e. The maximum absolute atomic E-state index is 12.1. The first kappa shape index (κ1) is 15.8. The predicted octanol–water partition coefficient (Wildman–Crippen LogP) is 3.90. The Labute approximate surface area is 139 Å². The summed E-state index contributed by atoms with van der Waals surface area (Å²) < 4.78 is 11.0. The molecule has 0 spiro atoms. The van der Waals surface area contributed by atoms with E-state index in [1.807, 2.05) is 50.2 Å². The van der Waals surface area contributed by atoms with Gasteiger partial charge in [-0.3, -0.25) is 4.79 Å². The zero-order valence-corrected chi connectivity index (χ0v) is 13.6. The van der Waals surface area contributed by atoms with E-state index in [1.165, 1.54) is 0 Å². The van der Waals surface area contributed by atoms with Gasteiger partial charge in [0, 0.05) is 5.39 Å². The lowest BCUT2D eigenvalue weighted by Crippen LogP contribution is -2.16. The van der Waals surface area contributed by atoms with Gasteiger partial charge in [0.15, 0.2) is 5.76 Å². The lowest BCUT2D eigenvalue weighted by atomic mass is 10.2. The fraction of sp³-hybridized carbons (Fsp3) is 0.158. The third kappa shape index (κ3) is 3.63. The summed E-state index contributed by atoms with van der Waals surface area (Å²) >= 11 is 0. The number of fused-ring (bicyclic) bond motifs is 1. The van der Waals surface area contributed by atoms with Crippen molar-refractivity contribution in [2.75, 3.05) is 6.61 Å². The van der Waals surface area contributed by atoms with Crippen LogP contribution >= 0.6 is 0 Å². The molecule has 0 aliphatic heterocycles. The van der Waals surface area contributed by atoms with Gasteiger partial charge >= 0.3 is 5.91 Å². The van der Waals surface area contributed by atoms with E-state index < -0.39 is 5.91 Å². The van der Waals surface area contributed by atoms with Crippen LogP contribution < -0.4 is 10.2 Å². The normalized spacial score (nSPS) is 11.1. The molecule has 0 bridgehead atoms. The van der Waals surface area contributed by atoms with Gasteiger partial charge in [0.1, 0.15) is 11.3 Å². The second-order valence-electron chi connectivity index (χ2n) is 5.36. The Morgan fingerprint density at radius 2 is 2.12 bits per heavy atom. The first-order valence-electron chi connectivity index (χ1n) is 7.72. The van der Waals surface area contributed by atoms with Gasteiger partial charge in [-0.15, -0.1) is 0 Å². The molecular weight excluding hydrogens is 304 g/mol. The molecule has 0 atom stereocenters. The van der Waals surface area contributed by atoms with E-state index in [9.17, 15) is 4.79 Å². The Morgan fingerprint density at radius 1 is 1.25 bits per heavy atom. The highest BCUT2D eigenvalue weighted by Gasteiger charge is 2.12. The van der Waals surface area contributed by atoms with Crippen molar-refractivity contribution in [3.8, 4) is 5.75 Å². The lowest BCUT2D eigenvalue weighted by Gasteiger charge is -2.00. The zero-order chi connectivity index (χ0) is 16.9. The molecule has 1 amide bonds. The van der Waals surface area contributed by atoms with Crippen molar-refractivity contribution in [2.24, 2.45) is 5.10 Å². The number of carbonyl (C=O) groups is 1. The molecule has 1 heterocycles. The van der Waals surface area contributed by atoms with Crippen LogP contribution in [0.15, 0.2) is 58.0 Å². The molecule has 24 heavy (non-hydrogen) atoms. The van der Waals surface area contributed by atoms with Gasteiger partial charge in [-0.2, -0.15) is 5.10 Å². The largest absolute Gasteiger partial charge is 0.494 e. The summed E-state index contributed by atoms with van der Waals surface area (Å²) in [7, 11) is 0. The smallest absolute Gasteiger partial charge is 0.307 e. The highest BCUT2D eigenvalue weighted by molar-refractivity contribution is 5.96. The van der Waals surface area contributed by atoms with Crippen LogP contribution in [0, 0.1) is 6.92 Å². The molecule has 0 aliphatic rings. The van der Waals surface area contributed by atoms with E-state index in [4.69, 9.17) is 9.15 Å². The summed E-state index contributed by atoms with van der Waals surface area (Å²) in [5.74, 6) is 0.559. The summed E-state index contributed by atoms with van der Waals surface area (Å²) in [6, 6.07) is 14.9. The van der Waals surface area contributed by atoms with Gasteiger partial charge in [-0.25, -0.2) is 5.43 Å². The Kier molecular flexibility index (Phi) is 4.61. The average molecular weight is 322 g/mol. The van der Waals surface area contributed by atoms with Crippen LogP contribution in [-0.2, 0) is 0 Å². The van der Waals surface area contributed by atoms with Crippen LogP contribution in [0.25, 0.3) is 11.0 Å². The first-order chi connectivity index (χ1) is 11.7. The molecule has 5 heteroatoms. The summed E-state index contributed by atoms with van der Waals surface area (Å²) in [4.78, 5) is 12.1. The Hall–Kier alpha value is -3.08. The van der Waals surface area contributed by atoms with Crippen molar-refractivity contribution in [3.63, 3.8) is 0 Å². The predicted molar refractivity (Wildman–Crippen MR) is 93.6 cm³/mol. The molecule has 3 aromatic rings. The number of amides is 1. The zero-order valence-electron chi connectivity index (χ0n) is 13.6. The summed E-state index contributed by atoms with van der Waals surface area (Å²) in [6.07, 6.45) is 1.60. The molecule has 0 fully saturated rings. The van der Waals surface area contributed by atoms with Crippen molar-refractivity contribution in [1.29, 1.82) is 0 Å². The van der Waals surface area contributed by atoms with Crippen LogP contribution in [0.2, 0.25) is 0 Å². The number of furan rings is 1. The van der Waals surface area contributed by atoms with Gasteiger partial charge in [-0.05, 0) is 43.7 Å². The van der Waals surface area contributed by atoms with Crippen molar-refractivity contribution in [2.45, 2.75) is 13.8 Å². The minimum absolute atomic E-state index is 0.208. The molecule has 122 valence electrons. The fourth-order valence-corrected chi connectivity index (χ4v) is 2.36. The Bertz CT molecular complexity index is 897. The van der Waals surface area contributed by atoms with Crippen molar-refractivity contribution >= 4 is 23.1 Å². The van der Waals surface area contributed by atoms with Gasteiger partial charge in [0.2, 0.25) is 0 Å². The van der Waals surface area contributed by atoms with E-state index in [0.29, 0.717) is 12.2 Å². The number of carbonyl (C=O) groups excluding carboxylic acids is 1. The highest BCUT2D eigenvalue weighted by Crippen LogP contribution is 2.24. The fourth-order valence-electron chi connectivity index (χ4n) is 2.36. The molecule has 0 radical (unpaired) electrons. The molecule has 2 aromatic carbocycles. The number of hydrazone groups is 1. The first-order valence-corrected chi connectivity index (χ1v) is 7.72. The summed E-state index contributed by atoms with van der Waals surface area (Å²) in [5, 5.41) is 4.78. The van der Waals surface area contributed by atoms with Gasteiger partial charge in [-0.1, -0.05) is 29.8 Å². The summed E-state index contributed by atoms with van der Waals surface area (Å²) in [6.45, 7) is 4.51. The number of nitrogens with one attached hydrogen (secondary N) is 1. The second-order valence-corrected chi connectivity index (χ2v) is 5.36. The Balaban J connectivity index is 1.71. The van der Waals surface area contributed by atoms with E-state index >= 15 is 0 Å². The SMILES string of the molecule is CCOc1ccc2oc(C(=O)N/N=C/c3cccc(C)c3)cc2c1. The van der Waals surface area contributed by atoms with Crippen LogP contribution in [0.5, 0.6) is 5.75 Å². The molecule has 0 saturated heterocycles. The van der Waals surface area contributed by atoms with Crippen molar-refractivity contribution in [1.82, 2.24) is 5.43 Å². The monoisotopic (exact) mass is 322 g/mol. The van der Waals surface area contributed by atoms with Gasteiger partial charge in [0.05, 0.1) is 12.8 Å². The second kappa shape index (κ2) is 7.00. The van der Waals surface area contributed by atoms with Crippen LogP contribution in [0.4, 0.5) is 0 Å². The highest BCUT2D eigenvalue weighted by atomic mass is 16.5. The molecule has 0 unspecified atom stereocenters. The lowest BCUT2D eigenvalue weighted by molar-refractivity contribution is 0.0929. The van der Waals surface area contributed by atoms with Gasteiger partial charge < -0.3 is 9.15 Å². The number of benzene rings is 2. The van der Waals surface area contributed by atoms with Crippen LogP contribution in [0.3, 0.4) is 0 Å². The van der Waals surface area contributed by atoms with Gasteiger partial charge in [0.25, 0.3) is 0 Å². The number of hydrogen-bond donors (Lipinski definition) is 1. The molecule has 1 N–H and O–H groups in total. The maximum atomic E-state index is 12.1. The number of ether oxygens (including phenoxy) is 1. The molecule has 1 aromatic heterocycles. The molecule has 0 saturated carbocycles. The van der Waals surface area contributed by atoms with E-state index in [-0.39, 0.29) is 5.76 Å². The van der Waals surface area contributed by atoms with E-state index in [2.05, 4.69) is 10.5 Å². The van der Waals surface area contributed by atoms with Crippen LogP contribution in [-0.4, -0.2) is 18.7 Å². The number of aryl methyl sites for hydroxylation is 1. The van der Waals surface area contributed by atoms with E-state index in [0.717, 1.165) is 22.3 Å². The quantitative estimate of drug-likeness (QED) is 0.572. The molecular formula is C19H18N2O3. The summed E-state index contributed by atoms with van der Waals surface area (Å²) in [5.41, 5.74) is 5.15. The maximum Gasteiger partial charge on any atom is 0.307 e. The molecule has 0 aliphatic carbocycles. The number of nitrogens with zero attached hydrogens (tertiary/aromatic N) is 1. The number of rotatable bonds is 5.